The third-order valence-corrected chi connectivity index (χ3v) is 12.4. The summed E-state index contributed by atoms with van der Waals surface area (Å²) in [4.78, 5) is 84.0. The molecule has 0 aromatic heterocycles. The molecule has 3 N–H and O–H groups in total. The van der Waals surface area contributed by atoms with E-state index in [0.29, 0.717) is 63.3 Å². The fraction of sp³-hybridized carbons (Fsp3) is 0.581. The molecule has 2 aromatic rings. The number of ketones is 3. The van der Waals surface area contributed by atoms with Crippen LogP contribution in [-0.2, 0) is 58.9 Å². The highest BCUT2D eigenvalue weighted by atomic mass is 16.8. The van der Waals surface area contributed by atoms with Gasteiger partial charge in [0, 0.05) is 61.3 Å². The van der Waals surface area contributed by atoms with Gasteiger partial charge in [-0.1, -0.05) is 18.6 Å². The Morgan fingerprint density at radius 2 is 1.66 bits per heavy atom. The van der Waals surface area contributed by atoms with Gasteiger partial charge in [-0.2, -0.15) is 0 Å². The number of methoxy groups -OCH3 is 1. The fourth-order valence-electron chi connectivity index (χ4n) is 9.20. The zero-order chi connectivity index (χ0) is 43.0. The Morgan fingerprint density at radius 3 is 2.36 bits per heavy atom. The van der Waals surface area contributed by atoms with Crippen molar-refractivity contribution >= 4 is 35.1 Å². The summed E-state index contributed by atoms with van der Waals surface area (Å²) in [6, 6.07) is 4.51. The standard InChI is InChI=1S/C43H50N2O16/c1-22-27(59-30-20-55-16-15-44-30)9-12-34(58-22)60-29-18-23(26(46)19-56-43(13-4-3-5-14-43)57-21-33(49)61-45-31(47)10-11-32(45)48)17-25-36(29)42(53)38-37(40(25)51)39(50)24-7-6-8-28(54-2)35(24)41(38)52/h6-8,22-23,27,29-30,34,44,51,53H,3-5,9-21H2,1-2H3/t22-,23+,27?,29?,30+,34-/m0/s1. The highest BCUT2D eigenvalue weighted by Gasteiger charge is 2.46. The van der Waals surface area contributed by atoms with E-state index >= 15 is 0 Å². The summed E-state index contributed by atoms with van der Waals surface area (Å²) < 4.78 is 42.2. The Bertz CT molecular complexity index is 2080. The smallest absolute Gasteiger partial charge is 0.358 e. The van der Waals surface area contributed by atoms with Crippen LogP contribution in [0.15, 0.2) is 18.2 Å². The molecule has 3 aliphatic heterocycles. The lowest BCUT2D eigenvalue weighted by atomic mass is 9.73. The van der Waals surface area contributed by atoms with E-state index in [-0.39, 0.29) is 77.1 Å². The van der Waals surface area contributed by atoms with Crippen molar-refractivity contribution in [3.63, 3.8) is 0 Å². The van der Waals surface area contributed by atoms with E-state index in [4.69, 9.17) is 38.0 Å². The second kappa shape index (κ2) is 17.9. The summed E-state index contributed by atoms with van der Waals surface area (Å²) in [6.45, 7) is 2.38. The molecule has 328 valence electrons. The number of Topliss-reactive ketones (excluding diaryl/α,β-unsaturated/α-hetero) is 1. The maximum Gasteiger partial charge on any atom is 0.358 e. The number of morpholine rings is 1. The van der Waals surface area contributed by atoms with Crippen LogP contribution < -0.4 is 10.1 Å². The second-order valence-corrected chi connectivity index (χ2v) is 16.2. The zero-order valence-corrected chi connectivity index (χ0v) is 34.1. The fourth-order valence-corrected chi connectivity index (χ4v) is 9.20. The van der Waals surface area contributed by atoms with Gasteiger partial charge in [0.2, 0.25) is 5.78 Å². The van der Waals surface area contributed by atoms with Gasteiger partial charge < -0.3 is 48.2 Å². The van der Waals surface area contributed by atoms with E-state index in [1.165, 1.54) is 19.2 Å². The molecule has 18 nitrogen and oxygen atoms in total. The van der Waals surface area contributed by atoms with Crippen molar-refractivity contribution in [2.75, 3.05) is 40.1 Å². The maximum atomic E-state index is 14.2. The van der Waals surface area contributed by atoms with Crippen LogP contribution in [0.1, 0.15) is 120 Å². The Hall–Kier alpha value is -4.82. The predicted octanol–water partition coefficient (Wildman–Crippen LogP) is 3.23. The number of imide groups is 1. The maximum absolute atomic E-state index is 14.2. The van der Waals surface area contributed by atoms with Crippen LogP contribution >= 0.6 is 0 Å². The number of ether oxygens (including phenoxy) is 7. The summed E-state index contributed by atoms with van der Waals surface area (Å²) in [5.74, 6) is -7.25. The Kier molecular flexibility index (Phi) is 12.6. The number of aromatic hydroxyl groups is 2. The summed E-state index contributed by atoms with van der Waals surface area (Å²) >= 11 is 0. The molecule has 4 fully saturated rings. The molecule has 3 aliphatic carbocycles. The van der Waals surface area contributed by atoms with Crippen LogP contribution in [-0.4, -0.2) is 121 Å². The molecular formula is C43H50N2O16. The van der Waals surface area contributed by atoms with Crippen LogP contribution in [0, 0.1) is 5.92 Å². The van der Waals surface area contributed by atoms with E-state index in [0.717, 1.165) is 6.42 Å². The van der Waals surface area contributed by atoms with Crippen molar-refractivity contribution in [2.24, 2.45) is 5.92 Å². The summed E-state index contributed by atoms with van der Waals surface area (Å²) in [6.07, 6.45) is 0.631. The number of phenolic OH excluding ortho intramolecular Hbond substituents is 2. The number of nitrogens with one attached hydrogen (secondary N) is 1. The molecule has 61 heavy (non-hydrogen) atoms. The van der Waals surface area contributed by atoms with Crippen molar-refractivity contribution in [2.45, 2.75) is 114 Å². The largest absolute Gasteiger partial charge is 0.507 e. The third kappa shape index (κ3) is 8.54. The average Bonchev–Trinajstić information content (AvgIpc) is 3.58. The number of hydroxylamine groups is 2. The van der Waals surface area contributed by atoms with Gasteiger partial charge in [0.05, 0.1) is 55.3 Å². The normalized spacial score (nSPS) is 27.3. The van der Waals surface area contributed by atoms with Gasteiger partial charge in [-0.05, 0) is 45.1 Å². The zero-order valence-electron chi connectivity index (χ0n) is 34.1. The first-order valence-electron chi connectivity index (χ1n) is 20.9. The SMILES string of the molecule is COc1cccc2c1C(=O)c1c(O)c3c(c(O)c1C2=O)C[C@@H](C(=O)COC1(OCC(=O)ON2C(=O)CCC2=O)CCCCC1)CC3O[C@H]1CCC(O[C@@H]2COCCN2)[C@H](C)O1. The summed E-state index contributed by atoms with van der Waals surface area (Å²) in [7, 11) is 1.36. The van der Waals surface area contributed by atoms with Gasteiger partial charge in [0.15, 0.2) is 30.3 Å². The Balaban J connectivity index is 1.04. The average molecular weight is 851 g/mol. The molecule has 6 aliphatic rings. The number of carbonyl (C=O) groups excluding carboxylic acids is 6. The minimum absolute atomic E-state index is 0.00668. The number of carbonyl (C=O) groups is 6. The highest BCUT2D eigenvalue weighted by molar-refractivity contribution is 6.31. The number of hydrogen-bond acceptors (Lipinski definition) is 17. The molecule has 0 bridgehead atoms. The first kappa shape index (κ1) is 42.9. The minimum Gasteiger partial charge on any atom is -0.507 e. The monoisotopic (exact) mass is 850 g/mol. The van der Waals surface area contributed by atoms with Crippen LogP contribution in [0.25, 0.3) is 0 Å². The topological polar surface area (TPSA) is 232 Å². The van der Waals surface area contributed by atoms with E-state index in [1.807, 2.05) is 6.92 Å². The Morgan fingerprint density at radius 1 is 0.918 bits per heavy atom. The quantitative estimate of drug-likeness (QED) is 0.127. The van der Waals surface area contributed by atoms with Crippen molar-refractivity contribution in [1.29, 1.82) is 0 Å². The molecule has 2 amide bonds. The van der Waals surface area contributed by atoms with Gasteiger partial charge >= 0.3 is 5.97 Å². The van der Waals surface area contributed by atoms with E-state index in [2.05, 4.69) is 5.32 Å². The van der Waals surface area contributed by atoms with E-state index < -0.39 is 90.0 Å². The molecule has 6 atom stereocenters. The van der Waals surface area contributed by atoms with Crippen LogP contribution in [0.4, 0.5) is 0 Å². The molecule has 1 saturated carbocycles. The van der Waals surface area contributed by atoms with Crippen LogP contribution in [0.3, 0.4) is 0 Å². The second-order valence-electron chi connectivity index (χ2n) is 16.2. The number of amides is 2. The number of phenols is 2. The van der Waals surface area contributed by atoms with Crippen molar-refractivity contribution in [3.05, 3.63) is 51.6 Å². The molecule has 2 aromatic carbocycles. The highest BCUT2D eigenvalue weighted by Crippen LogP contribution is 2.52. The molecule has 3 heterocycles. The van der Waals surface area contributed by atoms with Gasteiger partial charge in [-0.25, -0.2) is 4.79 Å². The number of benzene rings is 2. The van der Waals surface area contributed by atoms with Gasteiger partial charge in [-0.15, -0.1) is 5.06 Å². The molecular weight excluding hydrogens is 800 g/mol. The number of nitrogens with zero attached hydrogens (tertiary/aromatic N) is 1. The van der Waals surface area contributed by atoms with Gasteiger partial charge in [0.25, 0.3) is 11.8 Å². The molecule has 3 saturated heterocycles. The molecule has 0 spiro atoms. The Labute approximate surface area is 350 Å². The lowest BCUT2D eigenvalue weighted by Crippen LogP contribution is -2.49. The molecule has 2 unspecified atom stereocenters. The van der Waals surface area contributed by atoms with E-state index in [1.54, 1.807) is 6.07 Å². The minimum atomic E-state index is -1.35. The number of hydrogen-bond donors (Lipinski definition) is 3. The van der Waals surface area contributed by atoms with Crippen molar-refractivity contribution < 1.29 is 77.0 Å². The van der Waals surface area contributed by atoms with Gasteiger partial charge in [-0.3, -0.25) is 29.3 Å². The lowest BCUT2D eigenvalue weighted by Gasteiger charge is -2.40. The van der Waals surface area contributed by atoms with E-state index in [9.17, 15) is 39.0 Å². The van der Waals surface area contributed by atoms with Crippen molar-refractivity contribution in [1.82, 2.24) is 10.4 Å². The summed E-state index contributed by atoms with van der Waals surface area (Å²) in [5.41, 5.74) is -0.681. The van der Waals surface area contributed by atoms with Crippen LogP contribution in [0.5, 0.6) is 17.2 Å². The number of fused-ring (bicyclic) bond motifs is 3. The first-order chi connectivity index (χ1) is 29.4. The molecule has 8 rings (SSSR count). The molecule has 0 radical (unpaired) electrons. The first-order valence-corrected chi connectivity index (χ1v) is 20.9. The molecule has 18 heteroatoms. The van der Waals surface area contributed by atoms with Crippen LogP contribution in [0.2, 0.25) is 0 Å². The van der Waals surface area contributed by atoms with Gasteiger partial charge in [0.1, 0.15) is 30.1 Å². The number of rotatable bonds is 13. The third-order valence-electron chi connectivity index (χ3n) is 12.4. The predicted molar refractivity (Wildman–Crippen MR) is 206 cm³/mol. The lowest BCUT2D eigenvalue weighted by molar-refractivity contribution is -0.258. The van der Waals surface area contributed by atoms with Crippen molar-refractivity contribution in [3.8, 4) is 17.2 Å². The summed E-state index contributed by atoms with van der Waals surface area (Å²) in [5, 5.41) is 27.7.